The van der Waals surface area contributed by atoms with Gasteiger partial charge in [0, 0.05) is 19.2 Å². The maximum atomic E-state index is 12.7. The summed E-state index contributed by atoms with van der Waals surface area (Å²) in [5.41, 5.74) is 4.14. The molecule has 0 aliphatic rings. The molecule has 130 valence electrons. The van der Waals surface area contributed by atoms with Crippen LogP contribution in [0.15, 0.2) is 48.5 Å². The molecule has 0 spiro atoms. The van der Waals surface area contributed by atoms with Crippen LogP contribution in [0.1, 0.15) is 25.3 Å². The Bertz CT molecular complexity index is 882. The first-order valence-corrected chi connectivity index (χ1v) is 8.86. The molecule has 0 saturated carbocycles. The highest BCUT2D eigenvalue weighted by molar-refractivity contribution is 5.84. The summed E-state index contributed by atoms with van der Waals surface area (Å²) in [5.74, 6) is 0.965. The van der Waals surface area contributed by atoms with Crippen molar-refractivity contribution in [3.8, 4) is 11.4 Å². The van der Waals surface area contributed by atoms with E-state index in [0.29, 0.717) is 6.54 Å². The monoisotopic (exact) mass is 335 g/mol. The van der Waals surface area contributed by atoms with Crippen molar-refractivity contribution in [1.29, 1.82) is 0 Å². The molecule has 1 amide bonds. The number of benzene rings is 2. The number of rotatable bonds is 6. The molecular weight excluding hydrogens is 310 g/mol. The van der Waals surface area contributed by atoms with Gasteiger partial charge in [-0.3, -0.25) is 4.79 Å². The summed E-state index contributed by atoms with van der Waals surface area (Å²) in [6.45, 7) is 5.31. The van der Waals surface area contributed by atoms with Crippen LogP contribution < -0.4 is 0 Å². The third-order valence-electron chi connectivity index (χ3n) is 4.50. The second kappa shape index (κ2) is 7.51. The van der Waals surface area contributed by atoms with Crippen LogP contribution in [-0.2, 0) is 11.3 Å². The van der Waals surface area contributed by atoms with Gasteiger partial charge in [-0.05, 0) is 31.5 Å². The summed E-state index contributed by atoms with van der Waals surface area (Å²) in [7, 11) is 1.88. The Kier molecular flexibility index (Phi) is 5.17. The van der Waals surface area contributed by atoms with Gasteiger partial charge < -0.3 is 9.47 Å². The molecule has 3 rings (SSSR count). The molecule has 1 heterocycles. The molecule has 25 heavy (non-hydrogen) atoms. The van der Waals surface area contributed by atoms with Gasteiger partial charge in [0.2, 0.25) is 5.91 Å². The molecule has 0 unspecified atom stereocenters. The van der Waals surface area contributed by atoms with Crippen LogP contribution in [0, 0.1) is 6.92 Å². The maximum absolute atomic E-state index is 12.7. The Hall–Kier alpha value is -2.62. The molecule has 3 aromatic rings. The van der Waals surface area contributed by atoms with Crippen LogP contribution in [0.4, 0.5) is 0 Å². The van der Waals surface area contributed by atoms with E-state index in [9.17, 15) is 4.79 Å². The molecule has 1 aromatic heterocycles. The van der Waals surface area contributed by atoms with E-state index in [-0.39, 0.29) is 5.91 Å². The van der Waals surface area contributed by atoms with Crippen LogP contribution >= 0.6 is 0 Å². The van der Waals surface area contributed by atoms with Crippen molar-refractivity contribution in [2.24, 2.45) is 0 Å². The zero-order chi connectivity index (χ0) is 17.8. The van der Waals surface area contributed by atoms with Gasteiger partial charge in [-0.1, -0.05) is 49.2 Å². The van der Waals surface area contributed by atoms with E-state index in [2.05, 4.69) is 32.0 Å². The lowest BCUT2D eigenvalue weighted by atomic mass is 10.1. The number of aromatic nitrogens is 2. The van der Waals surface area contributed by atoms with Gasteiger partial charge in [0.1, 0.15) is 12.4 Å². The third-order valence-corrected chi connectivity index (χ3v) is 4.50. The molecule has 0 atom stereocenters. The Balaban J connectivity index is 2.00. The van der Waals surface area contributed by atoms with Crippen LogP contribution in [-0.4, -0.2) is 34.0 Å². The van der Waals surface area contributed by atoms with Crippen molar-refractivity contribution >= 4 is 16.9 Å². The normalized spacial score (nSPS) is 11.0. The summed E-state index contributed by atoms with van der Waals surface area (Å²) in [4.78, 5) is 19.3. The number of unbranched alkanes of at least 4 members (excludes halogenated alkanes) is 1. The van der Waals surface area contributed by atoms with Crippen molar-refractivity contribution in [2.45, 2.75) is 33.2 Å². The SMILES string of the molecule is CCCCN(C)C(=O)Cn1c(-c2cccc(C)c2)nc2ccccc21. The Labute approximate surface area is 149 Å². The van der Waals surface area contributed by atoms with Crippen molar-refractivity contribution in [3.05, 3.63) is 54.1 Å². The highest BCUT2D eigenvalue weighted by Crippen LogP contribution is 2.25. The number of carbonyl (C=O) groups is 1. The fourth-order valence-electron chi connectivity index (χ4n) is 3.02. The fraction of sp³-hybridized carbons (Fsp3) is 0.333. The van der Waals surface area contributed by atoms with Crippen LogP contribution in [0.2, 0.25) is 0 Å². The molecule has 0 fully saturated rings. The topological polar surface area (TPSA) is 38.1 Å². The number of aryl methyl sites for hydroxylation is 1. The number of hydrogen-bond donors (Lipinski definition) is 0. The standard InChI is InChI=1S/C21H25N3O/c1-4-5-13-23(3)20(25)15-24-19-12-7-6-11-18(19)22-21(24)17-10-8-9-16(2)14-17/h6-12,14H,4-5,13,15H2,1-3H3. The number of fused-ring (bicyclic) bond motifs is 1. The average Bonchev–Trinajstić information content (AvgIpc) is 2.98. The van der Waals surface area contributed by atoms with Crippen LogP contribution in [0.3, 0.4) is 0 Å². The average molecular weight is 335 g/mol. The van der Waals surface area contributed by atoms with E-state index in [4.69, 9.17) is 4.98 Å². The number of carbonyl (C=O) groups excluding carboxylic acids is 1. The number of imidazole rings is 1. The minimum atomic E-state index is 0.116. The van der Waals surface area contributed by atoms with E-state index in [1.165, 1.54) is 5.56 Å². The first-order chi connectivity index (χ1) is 12.1. The molecule has 0 aliphatic heterocycles. The smallest absolute Gasteiger partial charge is 0.242 e. The van der Waals surface area contributed by atoms with Gasteiger partial charge in [0.15, 0.2) is 0 Å². The Morgan fingerprint density at radius 3 is 2.72 bits per heavy atom. The van der Waals surface area contributed by atoms with Gasteiger partial charge in [-0.15, -0.1) is 0 Å². The second-order valence-corrected chi connectivity index (χ2v) is 6.55. The number of para-hydroxylation sites is 2. The second-order valence-electron chi connectivity index (χ2n) is 6.55. The summed E-state index contributed by atoms with van der Waals surface area (Å²) < 4.78 is 2.04. The fourth-order valence-corrected chi connectivity index (χ4v) is 3.02. The van der Waals surface area contributed by atoms with Gasteiger partial charge in [-0.25, -0.2) is 4.98 Å². The van der Waals surface area contributed by atoms with Crippen LogP contribution in [0.25, 0.3) is 22.4 Å². The molecule has 4 nitrogen and oxygen atoms in total. The number of nitrogens with zero attached hydrogens (tertiary/aromatic N) is 3. The van der Waals surface area contributed by atoms with Gasteiger partial charge in [0.25, 0.3) is 0 Å². The van der Waals surface area contributed by atoms with Gasteiger partial charge in [0.05, 0.1) is 11.0 Å². The molecular formula is C21H25N3O. The molecule has 0 aliphatic carbocycles. The van der Waals surface area contributed by atoms with E-state index in [0.717, 1.165) is 41.8 Å². The largest absolute Gasteiger partial charge is 0.344 e. The predicted molar refractivity (Wildman–Crippen MR) is 102 cm³/mol. The minimum Gasteiger partial charge on any atom is -0.344 e. The van der Waals surface area contributed by atoms with Gasteiger partial charge >= 0.3 is 0 Å². The minimum absolute atomic E-state index is 0.116. The van der Waals surface area contributed by atoms with Crippen molar-refractivity contribution in [1.82, 2.24) is 14.5 Å². The lowest BCUT2D eigenvalue weighted by Crippen LogP contribution is -2.31. The summed E-state index contributed by atoms with van der Waals surface area (Å²) in [6, 6.07) is 16.3. The van der Waals surface area contributed by atoms with Crippen molar-refractivity contribution < 1.29 is 4.79 Å². The predicted octanol–water partition coefficient (Wildman–Crippen LogP) is 4.27. The summed E-state index contributed by atoms with van der Waals surface area (Å²) in [5, 5.41) is 0. The number of hydrogen-bond acceptors (Lipinski definition) is 2. The van der Waals surface area contributed by atoms with Crippen LogP contribution in [0.5, 0.6) is 0 Å². The summed E-state index contributed by atoms with van der Waals surface area (Å²) in [6.07, 6.45) is 2.11. The number of amides is 1. The van der Waals surface area contributed by atoms with Crippen molar-refractivity contribution in [3.63, 3.8) is 0 Å². The molecule has 0 saturated heterocycles. The maximum Gasteiger partial charge on any atom is 0.242 e. The van der Waals surface area contributed by atoms with E-state index in [1.54, 1.807) is 0 Å². The molecule has 4 heteroatoms. The first-order valence-electron chi connectivity index (χ1n) is 8.86. The molecule has 0 N–H and O–H groups in total. The van der Waals surface area contributed by atoms with Gasteiger partial charge in [-0.2, -0.15) is 0 Å². The quantitative estimate of drug-likeness (QED) is 0.675. The van der Waals surface area contributed by atoms with E-state index in [1.807, 2.05) is 46.8 Å². The lowest BCUT2D eigenvalue weighted by Gasteiger charge is -2.18. The molecule has 0 bridgehead atoms. The zero-order valence-corrected chi connectivity index (χ0v) is 15.2. The first kappa shape index (κ1) is 17.2. The third kappa shape index (κ3) is 3.73. The zero-order valence-electron chi connectivity index (χ0n) is 15.2. The highest BCUT2D eigenvalue weighted by atomic mass is 16.2. The number of likely N-dealkylation sites (N-methyl/N-ethyl adjacent to an activating group) is 1. The van der Waals surface area contributed by atoms with E-state index < -0.39 is 0 Å². The lowest BCUT2D eigenvalue weighted by molar-refractivity contribution is -0.130. The van der Waals surface area contributed by atoms with Crippen molar-refractivity contribution in [2.75, 3.05) is 13.6 Å². The summed E-state index contributed by atoms with van der Waals surface area (Å²) >= 11 is 0. The highest BCUT2D eigenvalue weighted by Gasteiger charge is 2.17. The van der Waals surface area contributed by atoms with E-state index >= 15 is 0 Å². The molecule has 0 radical (unpaired) electrons. The Morgan fingerprint density at radius 1 is 1.16 bits per heavy atom. The molecule has 2 aromatic carbocycles. The Morgan fingerprint density at radius 2 is 1.96 bits per heavy atom.